The molecule has 4 nitrogen and oxygen atoms in total. The van der Waals surface area contributed by atoms with Crippen LogP contribution in [0.1, 0.15) is 37.7 Å². The van der Waals surface area contributed by atoms with E-state index in [0.29, 0.717) is 12.5 Å². The third kappa shape index (κ3) is 4.93. The van der Waals surface area contributed by atoms with Crippen LogP contribution in [0.3, 0.4) is 0 Å². The standard InChI is InChI=1S/C16H25N3O/c1-19(13-9-14-7-11-17-12-8-14)16(20)6-5-15-4-2-3-10-18-15/h7-8,11-12,15,18H,2-6,9-10,13H2,1H3. The Bertz CT molecular complexity index is 401. The fourth-order valence-corrected chi connectivity index (χ4v) is 2.63. The van der Waals surface area contributed by atoms with Crippen LogP contribution in [0.5, 0.6) is 0 Å². The Morgan fingerprint density at radius 3 is 2.90 bits per heavy atom. The van der Waals surface area contributed by atoms with E-state index < -0.39 is 0 Å². The zero-order valence-electron chi connectivity index (χ0n) is 12.3. The molecule has 1 aliphatic rings. The highest BCUT2D eigenvalue weighted by atomic mass is 16.2. The Labute approximate surface area is 121 Å². The molecular weight excluding hydrogens is 250 g/mol. The largest absolute Gasteiger partial charge is 0.345 e. The number of nitrogens with zero attached hydrogens (tertiary/aromatic N) is 2. The van der Waals surface area contributed by atoms with Crippen molar-refractivity contribution in [2.75, 3.05) is 20.1 Å². The molecule has 1 aliphatic heterocycles. The summed E-state index contributed by atoms with van der Waals surface area (Å²) < 4.78 is 0. The highest BCUT2D eigenvalue weighted by Crippen LogP contribution is 2.12. The summed E-state index contributed by atoms with van der Waals surface area (Å²) in [5.41, 5.74) is 1.23. The second-order valence-electron chi connectivity index (χ2n) is 5.61. The van der Waals surface area contributed by atoms with Gasteiger partial charge in [-0.05, 0) is 49.9 Å². The van der Waals surface area contributed by atoms with Gasteiger partial charge >= 0.3 is 0 Å². The van der Waals surface area contributed by atoms with Crippen molar-refractivity contribution in [3.63, 3.8) is 0 Å². The van der Waals surface area contributed by atoms with Gasteiger partial charge in [0.25, 0.3) is 0 Å². The molecule has 0 radical (unpaired) electrons. The number of piperidine rings is 1. The number of aromatic nitrogens is 1. The zero-order valence-corrected chi connectivity index (χ0v) is 12.3. The normalized spacial score (nSPS) is 18.8. The van der Waals surface area contributed by atoms with Crippen molar-refractivity contribution < 1.29 is 4.79 Å². The summed E-state index contributed by atoms with van der Waals surface area (Å²) in [4.78, 5) is 17.9. The van der Waals surface area contributed by atoms with Gasteiger partial charge in [0, 0.05) is 38.4 Å². The van der Waals surface area contributed by atoms with Crippen LogP contribution >= 0.6 is 0 Å². The quantitative estimate of drug-likeness (QED) is 0.863. The number of hydrogen-bond acceptors (Lipinski definition) is 3. The van der Waals surface area contributed by atoms with Gasteiger partial charge in [0.05, 0.1) is 0 Å². The molecular formula is C16H25N3O. The minimum atomic E-state index is 0.256. The monoisotopic (exact) mass is 275 g/mol. The molecule has 0 saturated carbocycles. The van der Waals surface area contributed by atoms with Crippen molar-refractivity contribution in [1.82, 2.24) is 15.2 Å². The van der Waals surface area contributed by atoms with Crippen LogP contribution in [0.4, 0.5) is 0 Å². The number of amides is 1. The molecule has 2 rings (SSSR count). The number of pyridine rings is 1. The highest BCUT2D eigenvalue weighted by Gasteiger charge is 2.15. The summed E-state index contributed by atoms with van der Waals surface area (Å²) in [5.74, 6) is 0.256. The van der Waals surface area contributed by atoms with Gasteiger partial charge in [-0.15, -0.1) is 0 Å². The summed E-state index contributed by atoms with van der Waals surface area (Å²) in [6, 6.07) is 4.55. The van der Waals surface area contributed by atoms with Crippen molar-refractivity contribution in [3.05, 3.63) is 30.1 Å². The molecule has 20 heavy (non-hydrogen) atoms. The molecule has 1 fully saturated rings. The van der Waals surface area contributed by atoms with Crippen LogP contribution in [0.15, 0.2) is 24.5 Å². The van der Waals surface area contributed by atoms with Gasteiger partial charge in [0.2, 0.25) is 5.91 Å². The summed E-state index contributed by atoms with van der Waals surface area (Å²) in [7, 11) is 1.90. The van der Waals surface area contributed by atoms with E-state index >= 15 is 0 Å². The number of nitrogens with one attached hydrogen (secondary N) is 1. The summed E-state index contributed by atoms with van der Waals surface area (Å²) in [6.07, 6.45) is 9.90. The molecule has 0 aliphatic carbocycles. The van der Waals surface area contributed by atoms with E-state index in [0.717, 1.165) is 25.9 Å². The fraction of sp³-hybridized carbons (Fsp3) is 0.625. The zero-order chi connectivity index (χ0) is 14.2. The predicted molar refractivity (Wildman–Crippen MR) is 80.5 cm³/mol. The van der Waals surface area contributed by atoms with Crippen LogP contribution in [-0.4, -0.2) is 42.0 Å². The molecule has 0 aromatic carbocycles. The molecule has 1 aromatic rings. The van der Waals surface area contributed by atoms with E-state index in [1.165, 1.54) is 24.8 Å². The lowest BCUT2D eigenvalue weighted by Crippen LogP contribution is -2.36. The Hall–Kier alpha value is -1.42. The van der Waals surface area contributed by atoms with Crippen molar-refractivity contribution in [2.45, 2.75) is 44.6 Å². The van der Waals surface area contributed by atoms with Gasteiger partial charge < -0.3 is 10.2 Å². The Morgan fingerprint density at radius 1 is 1.40 bits per heavy atom. The van der Waals surface area contributed by atoms with Gasteiger partial charge in [0.1, 0.15) is 0 Å². The number of hydrogen-bond donors (Lipinski definition) is 1. The molecule has 0 bridgehead atoms. The minimum Gasteiger partial charge on any atom is -0.345 e. The Morgan fingerprint density at radius 2 is 2.20 bits per heavy atom. The molecule has 1 aromatic heterocycles. The average molecular weight is 275 g/mol. The SMILES string of the molecule is CN(CCc1ccncc1)C(=O)CCC1CCCCN1. The second kappa shape index (κ2) is 8.00. The van der Waals surface area contributed by atoms with Crippen LogP contribution < -0.4 is 5.32 Å². The maximum absolute atomic E-state index is 12.1. The van der Waals surface area contributed by atoms with Gasteiger partial charge in [-0.2, -0.15) is 0 Å². The maximum atomic E-state index is 12.1. The lowest BCUT2D eigenvalue weighted by molar-refractivity contribution is -0.130. The van der Waals surface area contributed by atoms with Gasteiger partial charge in [0.15, 0.2) is 0 Å². The highest BCUT2D eigenvalue weighted by molar-refractivity contribution is 5.75. The van der Waals surface area contributed by atoms with Crippen molar-refractivity contribution in [1.29, 1.82) is 0 Å². The molecule has 0 spiro atoms. The maximum Gasteiger partial charge on any atom is 0.222 e. The number of likely N-dealkylation sites (N-methyl/N-ethyl adjacent to an activating group) is 1. The average Bonchev–Trinajstić information content (AvgIpc) is 2.52. The fourth-order valence-electron chi connectivity index (χ4n) is 2.63. The molecule has 1 amide bonds. The first-order chi connectivity index (χ1) is 9.75. The minimum absolute atomic E-state index is 0.256. The third-order valence-corrected chi connectivity index (χ3v) is 4.03. The first-order valence-corrected chi connectivity index (χ1v) is 7.62. The van der Waals surface area contributed by atoms with E-state index in [1.807, 2.05) is 24.1 Å². The van der Waals surface area contributed by atoms with Crippen LogP contribution in [-0.2, 0) is 11.2 Å². The van der Waals surface area contributed by atoms with Gasteiger partial charge in [-0.25, -0.2) is 0 Å². The third-order valence-electron chi connectivity index (χ3n) is 4.03. The van der Waals surface area contributed by atoms with Gasteiger partial charge in [-0.3, -0.25) is 9.78 Å². The first-order valence-electron chi connectivity index (χ1n) is 7.62. The van der Waals surface area contributed by atoms with Gasteiger partial charge in [-0.1, -0.05) is 6.42 Å². The number of carbonyl (C=O) groups is 1. The van der Waals surface area contributed by atoms with Crippen molar-refractivity contribution in [2.24, 2.45) is 0 Å². The lowest BCUT2D eigenvalue weighted by Gasteiger charge is -2.24. The van der Waals surface area contributed by atoms with Crippen LogP contribution in [0, 0.1) is 0 Å². The first kappa shape index (κ1) is 15.0. The molecule has 2 heterocycles. The van der Waals surface area contributed by atoms with E-state index in [1.54, 1.807) is 12.4 Å². The molecule has 110 valence electrons. The number of rotatable bonds is 6. The van der Waals surface area contributed by atoms with E-state index in [-0.39, 0.29) is 5.91 Å². The summed E-state index contributed by atoms with van der Waals surface area (Å²) in [5, 5.41) is 3.49. The number of carbonyl (C=O) groups excluding carboxylic acids is 1. The Balaban J connectivity index is 1.66. The summed E-state index contributed by atoms with van der Waals surface area (Å²) in [6.45, 7) is 1.89. The topological polar surface area (TPSA) is 45.2 Å². The van der Waals surface area contributed by atoms with E-state index in [2.05, 4.69) is 10.3 Å². The predicted octanol–water partition coefficient (Wildman–Crippen LogP) is 2.00. The van der Waals surface area contributed by atoms with E-state index in [9.17, 15) is 4.79 Å². The van der Waals surface area contributed by atoms with E-state index in [4.69, 9.17) is 0 Å². The smallest absolute Gasteiger partial charge is 0.222 e. The van der Waals surface area contributed by atoms with Crippen molar-refractivity contribution in [3.8, 4) is 0 Å². The molecule has 1 N–H and O–H groups in total. The molecule has 1 unspecified atom stereocenters. The summed E-state index contributed by atoms with van der Waals surface area (Å²) >= 11 is 0. The van der Waals surface area contributed by atoms with Crippen LogP contribution in [0.2, 0.25) is 0 Å². The second-order valence-corrected chi connectivity index (χ2v) is 5.61. The van der Waals surface area contributed by atoms with Crippen LogP contribution in [0.25, 0.3) is 0 Å². The van der Waals surface area contributed by atoms with Crippen molar-refractivity contribution >= 4 is 5.91 Å². The molecule has 1 saturated heterocycles. The Kier molecular flexibility index (Phi) is 5.99. The molecule has 4 heteroatoms. The molecule has 1 atom stereocenters. The lowest BCUT2D eigenvalue weighted by atomic mass is 10.0.